The van der Waals surface area contributed by atoms with E-state index >= 15 is 0 Å². The molecule has 0 N–H and O–H groups in total. The van der Waals surface area contributed by atoms with Gasteiger partial charge in [-0.3, -0.25) is 0 Å². The van der Waals surface area contributed by atoms with Crippen molar-refractivity contribution in [1.29, 1.82) is 0 Å². The van der Waals surface area contributed by atoms with Crippen LogP contribution in [0.2, 0.25) is 0 Å². The molecular formula is C17H26O2S. The molecule has 0 aliphatic carbocycles. The van der Waals surface area contributed by atoms with Crippen LogP contribution >= 0.6 is 0 Å². The van der Waals surface area contributed by atoms with E-state index < -0.39 is 14.6 Å². The molecule has 2 nitrogen and oxygen atoms in total. The monoisotopic (exact) mass is 294 g/mol. The maximum atomic E-state index is 12.7. The van der Waals surface area contributed by atoms with Crippen LogP contribution in [-0.4, -0.2) is 13.2 Å². The molecule has 0 saturated carbocycles. The van der Waals surface area contributed by atoms with Crippen LogP contribution < -0.4 is 0 Å². The highest BCUT2D eigenvalue weighted by Gasteiger charge is 2.34. The summed E-state index contributed by atoms with van der Waals surface area (Å²) < 4.78 is 24.6. The minimum absolute atomic E-state index is 0.0760. The van der Waals surface area contributed by atoms with Gasteiger partial charge in [-0.15, -0.1) is 0 Å². The van der Waals surface area contributed by atoms with Crippen LogP contribution in [0.15, 0.2) is 46.9 Å². The zero-order chi connectivity index (χ0) is 15.6. The molecule has 0 heterocycles. The Kier molecular flexibility index (Phi) is 4.86. The lowest BCUT2D eigenvalue weighted by Crippen LogP contribution is -2.31. The minimum atomic E-state index is -3.32. The normalized spacial score (nSPS) is 14.4. The minimum Gasteiger partial charge on any atom is -0.223 e. The second-order valence-corrected chi connectivity index (χ2v) is 9.50. The van der Waals surface area contributed by atoms with E-state index in [2.05, 4.69) is 33.8 Å². The van der Waals surface area contributed by atoms with Crippen molar-refractivity contribution in [3.8, 4) is 0 Å². The number of benzene rings is 1. The summed E-state index contributed by atoms with van der Waals surface area (Å²) in [5.74, 6) is 0. The van der Waals surface area contributed by atoms with Gasteiger partial charge in [0.05, 0.1) is 9.64 Å². The number of hydrogen-bond acceptors (Lipinski definition) is 2. The molecule has 1 aromatic rings. The van der Waals surface area contributed by atoms with Crippen LogP contribution in [-0.2, 0) is 9.84 Å². The van der Waals surface area contributed by atoms with E-state index in [1.54, 1.807) is 38.1 Å². The number of rotatable bonds is 4. The fourth-order valence-corrected chi connectivity index (χ4v) is 3.19. The molecule has 0 amide bonds. The van der Waals surface area contributed by atoms with Gasteiger partial charge in [0.15, 0.2) is 9.84 Å². The molecule has 0 aromatic heterocycles. The predicted octanol–water partition coefficient (Wildman–Crippen LogP) is 4.62. The highest BCUT2D eigenvalue weighted by Crippen LogP contribution is 2.31. The Morgan fingerprint density at radius 1 is 1.05 bits per heavy atom. The third-order valence-electron chi connectivity index (χ3n) is 3.86. The molecule has 0 saturated heterocycles. The molecule has 0 atom stereocenters. The van der Waals surface area contributed by atoms with Gasteiger partial charge in [-0.1, -0.05) is 50.6 Å². The predicted molar refractivity (Wildman–Crippen MR) is 85.5 cm³/mol. The lowest BCUT2D eigenvalue weighted by Gasteiger charge is -2.26. The smallest absolute Gasteiger partial charge is 0.183 e. The molecular weight excluding hydrogens is 268 g/mol. The van der Waals surface area contributed by atoms with Crippen molar-refractivity contribution in [3.63, 3.8) is 0 Å². The van der Waals surface area contributed by atoms with E-state index in [0.717, 1.165) is 0 Å². The molecule has 0 aliphatic rings. The Morgan fingerprint density at radius 2 is 1.55 bits per heavy atom. The summed E-state index contributed by atoms with van der Waals surface area (Å²) in [6, 6.07) is 8.68. The SMILES string of the molecule is C/C(=C\CC(C)(C)S(=O)(=O)c1ccccc1)C(C)(C)C. The van der Waals surface area contributed by atoms with E-state index in [1.807, 2.05) is 6.07 Å². The summed E-state index contributed by atoms with van der Waals surface area (Å²) in [5, 5.41) is 0. The van der Waals surface area contributed by atoms with Gasteiger partial charge in [-0.2, -0.15) is 0 Å². The average Bonchev–Trinajstić information content (AvgIpc) is 2.35. The van der Waals surface area contributed by atoms with Gasteiger partial charge in [0.25, 0.3) is 0 Å². The molecule has 0 radical (unpaired) electrons. The highest BCUT2D eigenvalue weighted by molar-refractivity contribution is 7.92. The van der Waals surface area contributed by atoms with E-state index in [-0.39, 0.29) is 5.41 Å². The standard InChI is InChI=1S/C17H26O2S/c1-14(16(2,3)4)12-13-17(5,6)20(18,19)15-10-8-7-9-11-15/h7-12H,13H2,1-6H3/b14-12+. The van der Waals surface area contributed by atoms with Crippen molar-refractivity contribution in [1.82, 2.24) is 0 Å². The molecule has 0 unspecified atom stereocenters. The second-order valence-electron chi connectivity index (χ2n) is 6.92. The van der Waals surface area contributed by atoms with E-state index in [9.17, 15) is 8.42 Å². The van der Waals surface area contributed by atoms with Crippen LogP contribution in [0.4, 0.5) is 0 Å². The van der Waals surface area contributed by atoms with Crippen LogP contribution in [0, 0.1) is 5.41 Å². The molecule has 0 aliphatic heterocycles. The summed E-state index contributed by atoms with van der Waals surface area (Å²) in [5.41, 5.74) is 1.29. The molecule has 0 bridgehead atoms. The van der Waals surface area contributed by atoms with Gasteiger partial charge in [-0.25, -0.2) is 8.42 Å². The lowest BCUT2D eigenvalue weighted by molar-refractivity contribution is 0.496. The maximum absolute atomic E-state index is 12.7. The van der Waals surface area contributed by atoms with Crippen molar-refractivity contribution < 1.29 is 8.42 Å². The van der Waals surface area contributed by atoms with Crippen molar-refractivity contribution >= 4 is 9.84 Å². The molecule has 20 heavy (non-hydrogen) atoms. The number of sulfone groups is 1. The quantitative estimate of drug-likeness (QED) is 0.759. The van der Waals surface area contributed by atoms with Gasteiger partial charge in [-0.05, 0) is 44.7 Å². The zero-order valence-corrected chi connectivity index (χ0v) is 14.2. The summed E-state index contributed by atoms with van der Waals surface area (Å²) in [6.45, 7) is 12.1. The summed E-state index contributed by atoms with van der Waals surface area (Å²) in [6.07, 6.45) is 2.58. The van der Waals surface area contributed by atoms with Crippen molar-refractivity contribution in [3.05, 3.63) is 42.0 Å². The molecule has 3 heteroatoms. The Morgan fingerprint density at radius 3 is 2.00 bits per heavy atom. The molecule has 0 fully saturated rings. The molecule has 0 spiro atoms. The Balaban J connectivity index is 3.06. The van der Waals surface area contributed by atoms with Crippen LogP contribution in [0.3, 0.4) is 0 Å². The fourth-order valence-electron chi connectivity index (χ4n) is 1.73. The second kappa shape index (κ2) is 5.72. The summed E-state index contributed by atoms with van der Waals surface area (Å²) in [4.78, 5) is 0.395. The van der Waals surface area contributed by atoms with E-state index in [0.29, 0.717) is 11.3 Å². The van der Waals surface area contributed by atoms with Crippen LogP contribution in [0.1, 0.15) is 48.0 Å². The summed E-state index contributed by atoms with van der Waals surface area (Å²) in [7, 11) is -3.32. The zero-order valence-electron chi connectivity index (χ0n) is 13.4. The van der Waals surface area contributed by atoms with Crippen molar-refractivity contribution in [2.24, 2.45) is 5.41 Å². The van der Waals surface area contributed by atoms with E-state index in [4.69, 9.17) is 0 Å². The molecule has 112 valence electrons. The van der Waals surface area contributed by atoms with Gasteiger partial charge in [0.1, 0.15) is 0 Å². The first-order valence-electron chi connectivity index (χ1n) is 6.95. The lowest BCUT2D eigenvalue weighted by atomic mass is 9.86. The third kappa shape index (κ3) is 3.72. The Bertz CT molecular complexity index is 573. The van der Waals surface area contributed by atoms with Gasteiger partial charge >= 0.3 is 0 Å². The van der Waals surface area contributed by atoms with Crippen molar-refractivity contribution in [2.75, 3.05) is 0 Å². The summed E-state index contributed by atoms with van der Waals surface area (Å²) >= 11 is 0. The first-order chi connectivity index (χ1) is 8.98. The molecule has 1 rings (SSSR count). The average molecular weight is 294 g/mol. The topological polar surface area (TPSA) is 34.1 Å². The van der Waals surface area contributed by atoms with Crippen LogP contribution in [0.5, 0.6) is 0 Å². The maximum Gasteiger partial charge on any atom is 0.183 e. The third-order valence-corrected chi connectivity index (χ3v) is 6.38. The Hall–Kier alpha value is -1.09. The van der Waals surface area contributed by atoms with E-state index in [1.165, 1.54) is 5.57 Å². The fraction of sp³-hybridized carbons (Fsp3) is 0.529. The van der Waals surface area contributed by atoms with Gasteiger partial charge in [0, 0.05) is 0 Å². The van der Waals surface area contributed by atoms with Gasteiger partial charge in [0.2, 0.25) is 0 Å². The number of hydrogen-bond donors (Lipinski definition) is 0. The number of allylic oxidation sites excluding steroid dienone is 2. The van der Waals surface area contributed by atoms with Crippen molar-refractivity contribution in [2.45, 2.75) is 57.6 Å². The van der Waals surface area contributed by atoms with Crippen LogP contribution in [0.25, 0.3) is 0 Å². The first-order valence-corrected chi connectivity index (χ1v) is 8.44. The Labute approximate surface area is 123 Å². The first kappa shape index (κ1) is 17.0. The largest absolute Gasteiger partial charge is 0.223 e. The van der Waals surface area contributed by atoms with Gasteiger partial charge < -0.3 is 0 Å². The highest BCUT2D eigenvalue weighted by atomic mass is 32.2. The molecule has 1 aromatic carbocycles.